The molecule has 0 saturated heterocycles. The van der Waals surface area contributed by atoms with Crippen molar-refractivity contribution in [2.75, 3.05) is 12.0 Å². The molecule has 0 unspecified atom stereocenters. The van der Waals surface area contributed by atoms with E-state index >= 15 is 0 Å². The molecule has 9 heavy (non-hydrogen) atoms. The predicted octanol–water partition coefficient (Wildman–Crippen LogP) is 2.86. The molecule has 0 heterocycles. The molecule has 0 N–H and O–H groups in total. The standard InChI is InChI=1S/C6H12OS2/c1-5(2)4-9-6(7)8-3/h5H,4H2,1-3H3. The van der Waals surface area contributed by atoms with E-state index in [1.807, 2.05) is 6.26 Å². The van der Waals surface area contributed by atoms with Crippen molar-refractivity contribution in [3.05, 3.63) is 0 Å². The lowest BCUT2D eigenvalue weighted by Gasteiger charge is -1.99. The molecule has 0 spiro atoms. The van der Waals surface area contributed by atoms with Crippen molar-refractivity contribution < 1.29 is 4.79 Å². The van der Waals surface area contributed by atoms with Crippen molar-refractivity contribution in [2.24, 2.45) is 5.92 Å². The van der Waals surface area contributed by atoms with Crippen molar-refractivity contribution in [2.45, 2.75) is 13.8 Å². The predicted molar refractivity (Wildman–Crippen MR) is 46.2 cm³/mol. The van der Waals surface area contributed by atoms with Gasteiger partial charge in [0.05, 0.1) is 0 Å². The van der Waals surface area contributed by atoms with Crippen LogP contribution in [-0.2, 0) is 0 Å². The molecule has 54 valence electrons. The number of carbonyl (C=O) groups excluding carboxylic acids is 1. The Hall–Kier alpha value is 0.370. The average molecular weight is 164 g/mol. The Kier molecular flexibility index (Phi) is 5.39. The van der Waals surface area contributed by atoms with E-state index in [9.17, 15) is 4.79 Å². The molecular formula is C6H12OS2. The maximum Gasteiger partial charge on any atom is 0.245 e. The molecule has 0 aromatic rings. The van der Waals surface area contributed by atoms with Crippen molar-refractivity contribution in [1.29, 1.82) is 0 Å². The van der Waals surface area contributed by atoms with Crippen LogP contribution in [0.1, 0.15) is 13.8 Å². The second-order valence-electron chi connectivity index (χ2n) is 2.16. The third-order valence-corrected chi connectivity index (χ3v) is 2.96. The maximum atomic E-state index is 10.6. The number of hydrogen-bond donors (Lipinski definition) is 0. The zero-order chi connectivity index (χ0) is 7.28. The van der Waals surface area contributed by atoms with Crippen LogP contribution < -0.4 is 0 Å². The molecule has 0 aromatic carbocycles. The zero-order valence-electron chi connectivity index (χ0n) is 6.01. The van der Waals surface area contributed by atoms with Gasteiger partial charge in [-0.05, 0) is 12.2 Å². The van der Waals surface area contributed by atoms with E-state index in [-0.39, 0.29) is 4.45 Å². The first-order valence-corrected chi connectivity index (χ1v) is 5.08. The summed E-state index contributed by atoms with van der Waals surface area (Å²) in [6.45, 7) is 4.22. The smallest absolute Gasteiger partial charge is 0.245 e. The van der Waals surface area contributed by atoms with Gasteiger partial charge >= 0.3 is 0 Å². The Bertz CT molecular complexity index is 91.1. The molecule has 1 nitrogen and oxygen atoms in total. The molecule has 0 amide bonds. The van der Waals surface area contributed by atoms with E-state index in [1.165, 1.54) is 23.5 Å². The largest absolute Gasteiger partial charge is 0.274 e. The molecule has 0 aromatic heterocycles. The van der Waals surface area contributed by atoms with E-state index in [1.54, 1.807) is 0 Å². The van der Waals surface area contributed by atoms with Gasteiger partial charge in [-0.25, -0.2) is 0 Å². The van der Waals surface area contributed by atoms with Gasteiger partial charge in [0.1, 0.15) is 0 Å². The zero-order valence-corrected chi connectivity index (χ0v) is 7.64. The Labute approximate surface area is 65.0 Å². The van der Waals surface area contributed by atoms with Gasteiger partial charge in [0, 0.05) is 5.75 Å². The van der Waals surface area contributed by atoms with Crippen LogP contribution in [-0.4, -0.2) is 16.5 Å². The summed E-state index contributed by atoms with van der Waals surface area (Å²) in [5.74, 6) is 1.56. The second kappa shape index (κ2) is 5.18. The lowest BCUT2D eigenvalue weighted by atomic mass is 10.3. The molecule has 0 saturated carbocycles. The van der Waals surface area contributed by atoms with Crippen molar-refractivity contribution >= 4 is 28.0 Å². The summed E-state index contributed by atoms with van der Waals surface area (Å²) < 4.78 is 0.226. The van der Waals surface area contributed by atoms with E-state index in [4.69, 9.17) is 0 Å². The van der Waals surface area contributed by atoms with Crippen LogP contribution in [0.4, 0.5) is 4.79 Å². The molecule has 3 heteroatoms. The summed E-state index contributed by atoms with van der Waals surface area (Å²) in [5.41, 5.74) is 0. The van der Waals surface area contributed by atoms with Crippen LogP contribution in [0, 0.1) is 5.92 Å². The SMILES string of the molecule is CSC(=O)SCC(C)C. The van der Waals surface area contributed by atoms with E-state index < -0.39 is 0 Å². The minimum Gasteiger partial charge on any atom is -0.274 e. The highest BCUT2D eigenvalue weighted by molar-refractivity contribution is 8.38. The fourth-order valence-corrected chi connectivity index (χ4v) is 1.44. The number of rotatable bonds is 2. The monoisotopic (exact) mass is 164 g/mol. The molecular weight excluding hydrogens is 152 g/mol. The minimum atomic E-state index is 0.226. The number of hydrogen-bond acceptors (Lipinski definition) is 3. The molecule has 0 rings (SSSR count). The van der Waals surface area contributed by atoms with Gasteiger partial charge in [0.15, 0.2) is 0 Å². The van der Waals surface area contributed by atoms with Crippen LogP contribution in [0.3, 0.4) is 0 Å². The quantitative estimate of drug-likeness (QED) is 0.624. The summed E-state index contributed by atoms with van der Waals surface area (Å²) in [4.78, 5) is 10.6. The molecule has 0 radical (unpaired) electrons. The Morgan fingerprint density at radius 2 is 2.11 bits per heavy atom. The summed E-state index contributed by atoms with van der Waals surface area (Å²) in [6, 6.07) is 0. The molecule has 0 aliphatic heterocycles. The first-order valence-electron chi connectivity index (χ1n) is 2.87. The van der Waals surface area contributed by atoms with Gasteiger partial charge in [0.2, 0.25) is 4.45 Å². The van der Waals surface area contributed by atoms with E-state index in [2.05, 4.69) is 13.8 Å². The van der Waals surface area contributed by atoms with Crippen LogP contribution in [0.5, 0.6) is 0 Å². The van der Waals surface area contributed by atoms with Gasteiger partial charge in [-0.3, -0.25) is 4.79 Å². The van der Waals surface area contributed by atoms with Crippen molar-refractivity contribution in [1.82, 2.24) is 0 Å². The highest BCUT2D eigenvalue weighted by Crippen LogP contribution is 2.16. The van der Waals surface area contributed by atoms with Crippen LogP contribution in [0.2, 0.25) is 0 Å². The van der Waals surface area contributed by atoms with Crippen LogP contribution >= 0.6 is 23.5 Å². The number of thioether (sulfide) groups is 2. The van der Waals surface area contributed by atoms with Gasteiger partial charge in [-0.15, -0.1) is 0 Å². The third kappa shape index (κ3) is 6.25. The van der Waals surface area contributed by atoms with Crippen molar-refractivity contribution in [3.63, 3.8) is 0 Å². The molecule has 0 atom stereocenters. The van der Waals surface area contributed by atoms with Gasteiger partial charge in [-0.1, -0.05) is 37.4 Å². The van der Waals surface area contributed by atoms with Gasteiger partial charge in [0.25, 0.3) is 0 Å². The Morgan fingerprint density at radius 3 is 2.44 bits per heavy atom. The second-order valence-corrected chi connectivity index (χ2v) is 4.19. The lowest BCUT2D eigenvalue weighted by molar-refractivity contribution is 0.276. The summed E-state index contributed by atoms with van der Waals surface area (Å²) in [6.07, 6.45) is 1.82. The highest BCUT2D eigenvalue weighted by Gasteiger charge is 2.00. The Morgan fingerprint density at radius 1 is 1.56 bits per heavy atom. The van der Waals surface area contributed by atoms with E-state index in [0.29, 0.717) is 5.92 Å². The third-order valence-electron chi connectivity index (χ3n) is 0.701. The molecule has 0 aliphatic rings. The van der Waals surface area contributed by atoms with Gasteiger partial charge in [-0.2, -0.15) is 0 Å². The fourth-order valence-electron chi connectivity index (χ4n) is 0.294. The minimum absolute atomic E-state index is 0.226. The average Bonchev–Trinajstić information content (AvgIpc) is 1.83. The topological polar surface area (TPSA) is 17.1 Å². The highest BCUT2D eigenvalue weighted by atomic mass is 32.2. The van der Waals surface area contributed by atoms with Crippen LogP contribution in [0.15, 0.2) is 0 Å². The maximum absolute atomic E-state index is 10.6. The summed E-state index contributed by atoms with van der Waals surface area (Å²) in [5, 5.41) is 0. The lowest BCUT2D eigenvalue weighted by Crippen LogP contribution is -1.92. The van der Waals surface area contributed by atoms with Crippen molar-refractivity contribution in [3.8, 4) is 0 Å². The fraction of sp³-hybridized carbons (Fsp3) is 0.833. The first kappa shape index (κ1) is 9.37. The normalized spacial score (nSPS) is 10.2. The molecule has 0 bridgehead atoms. The summed E-state index contributed by atoms with van der Waals surface area (Å²) >= 11 is 2.70. The summed E-state index contributed by atoms with van der Waals surface area (Å²) in [7, 11) is 0. The number of carbonyl (C=O) groups is 1. The van der Waals surface area contributed by atoms with Gasteiger partial charge < -0.3 is 0 Å². The van der Waals surface area contributed by atoms with E-state index in [0.717, 1.165) is 5.75 Å². The van der Waals surface area contributed by atoms with Crippen LogP contribution in [0.25, 0.3) is 0 Å². The Balaban J connectivity index is 3.17. The molecule has 0 aliphatic carbocycles. The first-order chi connectivity index (χ1) is 4.16. The molecule has 0 fully saturated rings.